The zero-order valence-electron chi connectivity index (χ0n) is 68.0. The van der Waals surface area contributed by atoms with E-state index in [0.29, 0.717) is 37.4 Å². The largest absolute Gasteiger partial charge is 0.444 e. The summed E-state index contributed by atoms with van der Waals surface area (Å²) < 4.78 is 10.8. The predicted molar refractivity (Wildman–Crippen MR) is 482 cm³/mol. The highest BCUT2D eigenvalue weighted by atomic mass is 79.9. The van der Waals surface area contributed by atoms with Crippen LogP contribution in [0.15, 0.2) is 179 Å². The number of nitrogens with zero attached hydrogens (tertiary/aromatic N) is 8. The molecule has 0 aliphatic rings. The number of nitrogens with one attached hydrogen (secondary N) is 4. The van der Waals surface area contributed by atoms with Crippen molar-refractivity contribution in [3.8, 4) is 0 Å². The number of thiazole rings is 4. The highest BCUT2D eigenvalue weighted by Crippen LogP contribution is 2.29. The number of hydrogen-bond donors (Lipinski definition) is 6. The maximum absolute atomic E-state index is 13.5. The van der Waals surface area contributed by atoms with Crippen LogP contribution < -0.4 is 32.7 Å². The number of amides is 4. The molecule has 0 radical (unpaired) electrons. The lowest BCUT2D eigenvalue weighted by molar-refractivity contribution is -0.385. The number of rotatable bonds is 32. The van der Waals surface area contributed by atoms with E-state index in [1.165, 1.54) is 71.2 Å². The molecule has 0 bridgehead atoms. The van der Waals surface area contributed by atoms with Gasteiger partial charge in [-0.15, -0.1) is 62.3 Å². The van der Waals surface area contributed by atoms with Crippen molar-refractivity contribution in [2.45, 2.75) is 202 Å². The summed E-state index contributed by atoms with van der Waals surface area (Å²) >= 11 is 9.04. The number of aryl methyl sites for hydroxylation is 4. The van der Waals surface area contributed by atoms with Crippen molar-refractivity contribution < 1.29 is 53.1 Å². The van der Waals surface area contributed by atoms with E-state index in [1.54, 1.807) is 113 Å². The molecule has 644 valence electrons. The molecule has 4 amide bonds. The molecule has 0 aliphatic heterocycles. The van der Waals surface area contributed by atoms with Gasteiger partial charge in [-0.2, -0.15) is 0 Å². The summed E-state index contributed by atoms with van der Waals surface area (Å²) in [5.41, 5.74) is 20.2. The molecule has 0 saturated carbocycles. The number of ketones is 1. The normalized spacial score (nSPS) is 12.2. The molecule has 8 N–H and O–H groups in total. The van der Waals surface area contributed by atoms with Gasteiger partial charge in [0.05, 0.1) is 72.0 Å². The van der Waals surface area contributed by atoms with Crippen LogP contribution in [0.1, 0.15) is 190 Å². The number of ether oxygens (including phenoxy) is 2. The number of alkyl carbamates (subject to hydrolysis) is 2. The Morgan fingerprint density at radius 2 is 0.650 bits per heavy atom. The van der Waals surface area contributed by atoms with Crippen molar-refractivity contribution in [3.63, 3.8) is 0 Å². The van der Waals surface area contributed by atoms with Gasteiger partial charge in [0.2, 0.25) is 11.8 Å². The SMILES string of the molecule is Br.C.CCC(=O)CBr.CCc1csc([C@@H](N)Cc2ccc([N+](=O)[O-])cc2)n1.CCc1csc([C@@H](N)Cc2ccc([N+](=O)[O-])cc2)n1.CCc1csc([C@H](Cc2ccc([N+](=O)[O-])cc2)NC(=O)[C@H](Cc2ccccc2)NC(=O)OC(C)(C)C)n1.CCc1csc([C@H](Cc2ccc([N+](=O)[O-])cc2)NC(=O)[C@H](Cc2ccccc2)NC(=O)OC(C)(C)C)n1. The van der Waals surface area contributed by atoms with Crippen LogP contribution in [0.4, 0.5) is 32.3 Å². The molecule has 10 aromatic rings. The van der Waals surface area contributed by atoms with E-state index in [9.17, 15) is 64.4 Å². The van der Waals surface area contributed by atoms with E-state index >= 15 is 0 Å². The van der Waals surface area contributed by atoms with Crippen molar-refractivity contribution in [2.24, 2.45) is 11.5 Å². The summed E-state index contributed by atoms with van der Waals surface area (Å²) in [6, 6.07) is 41.2. The van der Waals surface area contributed by atoms with Crippen molar-refractivity contribution in [3.05, 3.63) is 296 Å². The van der Waals surface area contributed by atoms with Gasteiger partial charge in [0, 0.05) is 89.3 Å². The third-order valence-electron chi connectivity index (χ3n) is 17.1. The maximum Gasteiger partial charge on any atom is 0.408 e. The van der Waals surface area contributed by atoms with Crippen LogP contribution in [0, 0.1) is 40.5 Å². The van der Waals surface area contributed by atoms with Crippen molar-refractivity contribution in [1.82, 2.24) is 41.2 Å². The van der Waals surface area contributed by atoms with Crippen molar-refractivity contribution in [1.29, 1.82) is 0 Å². The fraction of sp³-hybridized carbons (Fsp3) is 0.376. The average Bonchev–Trinajstić information content (AvgIpc) is 1.50. The quantitative estimate of drug-likeness (QED) is 0.0130. The van der Waals surface area contributed by atoms with E-state index in [4.69, 9.17) is 20.9 Å². The number of benzene rings is 6. The van der Waals surface area contributed by atoms with Gasteiger partial charge in [-0.3, -0.25) is 54.8 Å². The minimum Gasteiger partial charge on any atom is -0.444 e. The topological polar surface area (TPSA) is 428 Å². The number of nitro groups is 4. The Bertz CT molecular complexity index is 4550. The molecule has 120 heavy (non-hydrogen) atoms. The zero-order chi connectivity index (χ0) is 86.7. The van der Waals surface area contributed by atoms with Gasteiger partial charge in [0.1, 0.15) is 49.1 Å². The first-order valence-corrected chi connectivity index (χ1v) is 42.7. The lowest BCUT2D eigenvalue weighted by atomic mass is 10.0. The Balaban J connectivity index is 0.000000339. The monoisotopic (exact) mass is 1850 g/mol. The third-order valence-corrected chi connectivity index (χ3v) is 21.8. The van der Waals surface area contributed by atoms with Gasteiger partial charge in [-0.05, 0) is 126 Å². The number of hydrogen-bond acceptors (Lipinski definition) is 25. The molecule has 0 unspecified atom stereocenters. The molecule has 35 heteroatoms. The van der Waals surface area contributed by atoms with Crippen LogP contribution in [0.5, 0.6) is 0 Å². The van der Waals surface area contributed by atoms with Gasteiger partial charge < -0.3 is 42.2 Å². The summed E-state index contributed by atoms with van der Waals surface area (Å²) in [5, 5.41) is 66.4. The second-order valence-corrected chi connectivity index (χ2v) is 32.9. The summed E-state index contributed by atoms with van der Waals surface area (Å²) in [5.74, 6) is -0.500. The number of aromatic nitrogens is 4. The second kappa shape index (κ2) is 51.2. The first kappa shape index (κ1) is 102. The zero-order valence-corrected chi connectivity index (χ0v) is 74.6. The average molecular weight is 1850 g/mol. The van der Waals surface area contributed by atoms with Crippen LogP contribution in [0.3, 0.4) is 0 Å². The first-order chi connectivity index (χ1) is 56.1. The Kier molecular flexibility index (Phi) is 43.4. The number of non-ortho nitro benzene ring substituents is 4. The maximum atomic E-state index is 13.5. The highest BCUT2D eigenvalue weighted by Gasteiger charge is 2.31. The van der Waals surface area contributed by atoms with E-state index in [-0.39, 0.29) is 89.7 Å². The second-order valence-electron chi connectivity index (χ2n) is 28.8. The Morgan fingerprint density at radius 3 is 0.875 bits per heavy atom. The smallest absolute Gasteiger partial charge is 0.408 e. The summed E-state index contributed by atoms with van der Waals surface area (Å²) in [7, 11) is 0. The number of nitro benzene ring substituents is 4. The lowest BCUT2D eigenvalue weighted by Gasteiger charge is -2.25. The lowest BCUT2D eigenvalue weighted by Crippen LogP contribution is -2.50. The van der Waals surface area contributed by atoms with Crippen molar-refractivity contribution in [2.75, 3.05) is 5.33 Å². The number of carbonyl (C=O) groups excluding carboxylic acids is 5. The molecule has 6 atom stereocenters. The molecule has 29 nitrogen and oxygen atoms in total. The molecule has 6 aromatic carbocycles. The fourth-order valence-electron chi connectivity index (χ4n) is 10.8. The van der Waals surface area contributed by atoms with Crippen molar-refractivity contribution >= 4 is 131 Å². The van der Waals surface area contributed by atoms with E-state index in [1.807, 2.05) is 103 Å². The molecule has 10 rings (SSSR count). The van der Waals surface area contributed by atoms with Gasteiger partial charge >= 0.3 is 12.2 Å². The summed E-state index contributed by atoms with van der Waals surface area (Å²) in [6.07, 6.45) is 5.17. The number of halogens is 2. The van der Waals surface area contributed by atoms with E-state index in [0.717, 1.165) is 102 Å². The van der Waals surface area contributed by atoms with Gasteiger partial charge in [-0.25, -0.2) is 29.5 Å². The third kappa shape index (κ3) is 36.2. The molecular formula is C85H106Br2N14O15S4. The van der Waals surface area contributed by atoms with E-state index < -0.39 is 67.2 Å². The standard InChI is InChI=1S/2C27H32N4O5S.2C13H15N3O2S.C4H7BrO.CH4.BrH/c2*1-5-20-17-37-25(28-20)23(16-19-11-13-21(14-12-19)31(34)35)29-24(32)22(15-18-9-7-6-8-10-18)30-26(33)36-27(2,3)4;2*1-2-10-8-19-13(15-10)12(14)7-9-3-5-11(6-4-9)16(17)18;1-2-4(6)3-5;;/h2*6-14,17,22-23H,5,15-16H2,1-4H3,(H,29,32)(H,30,33);2*3-6,8,12H,2,7,14H2,1H3;2-3H2,1H3;1H4;1H/t2*22-,23-;2*12-;;;/m0000.../s1. The predicted octanol–water partition coefficient (Wildman–Crippen LogP) is 18.6. The Morgan fingerprint density at radius 1 is 0.400 bits per heavy atom. The molecule has 4 heterocycles. The minimum absolute atomic E-state index is 0. The van der Waals surface area contributed by atoms with E-state index in [2.05, 4.69) is 71.0 Å². The molecule has 4 aromatic heterocycles. The van der Waals surface area contributed by atoms with Crippen LogP contribution in [0.25, 0.3) is 0 Å². The fourth-order valence-corrected chi connectivity index (χ4v) is 14.9. The number of alkyl halides is 1. The number of nitrogens with two attached hydrogens (primary N) is 2. The number of carbonyl (C=O) groups is 5. The molecule has 0 aliphatic carbocycles. The Hall–Kier alpha value is -10.5. The Labute approximate surface area is 734 Å². The van der Waals surface area contributed by atoms with Crippen LogP contribution >= 0.6 is 78.3 Å². The summed E-state index contributed by atoms with van der Waals surface area (Å²) in [6.45, 7) is 20.5. The highest BCUT2D eigenvalue weighted by molar-refractivity contribution is 9.09. The minimum atomic E-state index is -0.887. The van der Waals surface area contributed by atoms with Crippen LogP contribution in [-0.4, -0.2) is 98.0 Å². The molecular weight excluding hydrogens is 1750 g/mol. The summed E-state index contributed by atoms with van der Waals surface area (Å²) in [4.78, 5) is 122. The van der Waals surface area contributed by atoms with Crippen LogP contribution in [0.2, 0.25) is 0 Å². The molecule has 0 saturated heterocycles. The van der Waals surface area contributed by atoms with Gasteiger partial charge in [0.25, 0.3) is 22.7 Å². The first-order valence-electron chi connectivity index (χ1n) is 38.1. The molecule has 0 spiro atoms. The van der Waals surface area contributed by atoms with Gasteiger partial charge in [-0.1, -0.05) is 167 Å². The molecule has 0 fully saturated rings. The van der Waals surface area contributed by atoms with Crippen LogP contribution in [-0.2, 0) is 88.1 Å². The number of Topliss-reactive ketones (excluding diaryl/α,β-unsaturated/α-hetero) is 1. The van der Waals surface area contributed by atoms with Gasteiger partial charge in [0.15, 0.2) is 0 Å².